The van der Waals surface area contributed by atoms with Gasteiger partial charge in [-0.1, -0.05) is 45.4 Å². The van der Waals surface area contributed by atoms with Gasteiger partial charge in [0.2, 0.25) is 0 Å². The highest BCUT2D eigenvalue weighted by Gasteiger charge is 2.29. The number of aliphatic hydroxyl groups is 1. The van der Waals surface area contributed by atoms with Crippen molar-refractivity contribution in [2.45, 2.75) is 70.5 Å². The average molecular weight is 258 g/mol. The van der Waals surface area contributed by atoms with E-state index in [0.717, 1.165) is 12.8 Å². The van der Waals surface area contributed by atoms with E-state index in [1.165, 1.54) is 32.1 Å². The van der Waals surface area contributed by atoms with Gasteiger partial charge in [0.05, 0.1) is 13.2 Å². The Kier molecular flexibility index (Phi) is 8.01. The third-order valence-electron chi connectivity index (χ3n) is 3.27. The average Bonchev–Trinajstić information content (AvgIpc) is 2.74. The van der Waals surface area contributed by atoms with Crippen LogP contribution < -0.4 is 0 Å². The van der Waals surface area contributed by atoms with Crippen molar-refractivity contribution in [2.24, 2.45) is 0 Å². The van der Waals surface area contributed by atoms with Crippen LogP contribution in [0.5, 0.6) is 0 Å². The molecule has 0 aromatic carbocycles. The number of esters is 1. The van der Waals surface area contributed by atoms with Crippen LogP contribution in [-0.4, -0.2) is 36.5 Å². The number of rotatable bonds is 9. The lowest BCUT2D eigenvalue weighted by molar-refractivity contribution is -0.152. The summed E-state index contributed by atoms with van der Waals surface area (Å²) >= 11 is 0. The van der Waals surface area contributed by atoms with Crippen molar-refractivity contribution in [2.75, 3.05) is 13.2 Å². The van der Waals surface area contributed by atoms with Gasteiger partial charge in [-0.05, 0) is 6.42 Å². The van der Waals surface area contributed by atoms with Crippen molar-refractivity contribution in [3.05, 3.63) is 0 Å². The molecule has 0 aromatic rings. The Morgan fingerprint density at radius 3 is 2.44 bits per heavy atom. The molecule has 0 saturated carbocycles. The normalized spacial score (nSPS) is 23.2. The van der Waals surface area contributed by atoms with E-state index >= 15 is 0 Å². The van der Waals surface area contributed by atoms with Crippen molar-refractivity contribution in [3.63, 3.8) is 0 Å². The summed E-state index contributed by atoms with van der Waals surface area (Å²) in [7, 11) is 0. The highest BCUT2D eigenvalue weighted by Crippen LogP contribution is 2.12. The van der Waals surface area contributed by atoms with E-state index in [4.69, 9.17) is 9.47 Å². The van der Waals surface area contributed by atoms with Gasteiger partial charge in [-0.15, -0.1) is 0 Å². The van der Waals surface area contributed by atoms with E-state index in [2.05, 4.69) is 6.92 Å². The quantitative estimate of drug-likeness (QED) is 0.510. The van der Waals surface area contributed by atoms with Crippen molar-refractivity contribution >= 4 is 5.97 Å². The fraction of sp³-hybridized carbons (Fsp3) is 0.929. The van der Waals surface area contributed by atoms with Crippen LogP contribution in [0.4, 0.5) is 0 Å². The maximum absolute atomic E-state index is 11.5. The molecule has 1 N–H and O–H groups in total. The summed E-state index contributed by atoms with van der Waals surface area (Å²) in [4.78, 5) is 11.5. The summed E-state index contributed by atoms with van der Waals surface area (Å²) in [6.45, 7) is 2.80. The van der Waals surface area contributed by atoms with Crippen LogP contribution >= 0.6 is 0 Å². The lowest BCUT2D eigenvalue weighted by Gasteiger charge is -2.13. The molecule has 0 aromatic heterocycles. The van der Waals surface area contributed by atoms with Gasteiger partial charge < -0.3 is 14.6 Å². The van der Waals surface area contributed by atoms with Crippen LogP contribution in [0.3, 0.4) is 0 Å². The molecular formula is C14H26O4. The van der Waals surface area contributed by atoms with Crippen molar-refractivity contribution in [1.82, 2.24) is 0 Å². The summed E-state index contributed by atoms with van der Waals surface area (Å²) in [6.07, 6.45) is 7.64. The number of unbranched alkanes of at least 4 members (excludes halogenated alkanes) is 6. The fourth-order valence-electron chi connectivity index (χ4n) is 2.09. The molecule has 4 heteroatoms. The molecule has 0 amide bonds. The van der Waals surface area contributed by atoms with Gasteiger partial charge in [-0.2, -0.15) is 0 Å². The molecule has 4 nitrogen and oxygen atoms in total. The predicted molar refractivity (Wildman–Crippen MR) is 69.3 cm³/mol. The highest BCUT2D eigenvalue weighted by molar-refractivity contribution is 5.69. The first-order valence-electron chi connectivity index (χ1n) is 7.19. The molecule has 1 aliphatic rings. The SMILES string of the molecule is CCCCCCCCCC(=O)O[C@@H]1COC[C@@H]1O. The predicted octanol–water partition coefficient (Wildman–Crippen LogP) is 2.43. The second-order valence-electron chi connectivity index (χ2n) is 5.00. The molecule has 106 valence electrons. The zero-order chi connectivity index (χ0) is 13.2. The Morgan fingerprint density at radius 1 is 1.17 bits per heavy atom. The zero-order valence-corrected chi connectivity index (χ0v) is 11.4. The molecule has 0 spiro atoms. The van der Waals surface area contributed by atoms with Crippen LogP contribution in [0, 0.1) is 0 Å². The van der Waals surface area contributed by atoms with Crippen LogP contribution in [0.15, 0.2) is 0 Å². The lowest BCUT2D eigenvalue weighted by Crippen LogP contribution is -2.29. The molecule has 18 heavy (non-hydrogen) atoms. The van der Waals surface area contributed by atoms with Crippen LogP contribution in [0.2, 0.25) is 0 Å². The van der Waals surface area contributed by atoms with Gasteiger partial charge in [0.1, 0.15) is 6.10 Å². The second kappa shape index (κ2) is 9.34. The summed E-state index contributed by atoms with van der Waals surface area (Å²) in [6, 6.07) is 0. The van der Waals surface area contributed by atoms with E-state index in [9.17, 15) is 9.90 Å². The zero-order valence-electron chi connectivity index (χ0n) is 11.4. The first-order chi connectivity index (χ1) is 8.74. The standard InChI is InChI=1S/C14H26O4/c1-2-3-4-5-6-7-8-9-14(16)18-13-11-17-10-12(13)15/h12-13,15H,2-11H2,1H3/t12-,13+/m0/s1. The topological polar surface area (TPSA) is 55.8 Å². The molecular weight excluding hydrogens is 232 g/mol. The fourth-order valence-corrected chi connectivity index (χ4v) is 2.09. The van der Waals surface area contributed by atoms with E-state index in [-0.39, 0.29) is 12.6 Å². The van der Waals surface area contributed by atoms with E-state index in [0.29, 0.717) is 13.0 Å². The maximum Gasteiger partial charge on any atom is 0.306 e. The molecule has 1 aliphatic heterocycles. The summed E-state index contributed by atoms with van der Waals surface area (Å²) < 4.78 is 10.2. The van der Waals surface area contributed by atoms with Gasteiger partial charge >= 0.3 is 5.97 Å². The molecule has 2 atom stereocenters. The van der Waals surface area contributed by atoms with Crippen molar-refractivity contribution in [3.8, 4) is 0 Å². The van der Waals surface area contributed by atoms with Crippen molar-refractivity contribution in [1.29, 1.82) is 0 Å². The molecule has 0 bridgehead atoms. The Morgan fingerprint density at radius 2 is 1.83 bits per heavy atom. The van der Waals surface area contributed by atoms with Crippen LogP contribution in [0.25, 0.3) is 0 Å². The number of hydrogen-bond acceptors (Lipinski definition) is 4. The third-order valence-corrected chi connectivity index (χ3v) is 3.27. The Balaban J connectivity index is 1.93. The van der Waals surface area contributed by atoms with Gasteiger partial charge in [0, 0.05) is 6.42 Å². The molecule has 0 unspecified atom stereocenters. The number of carbonyl (C=O) groups is 1. The largest absolute Gasteiger partial charge is 0.457 e. The summed E-state index contributed by atoms with van der Waals surface area (Å²) in [5.41, 5.74) is 0. The number of hydrogen-bond donors (Lipinski definition) is 1. The Bertz CT molecular complexity index is 230. The number of carbonyl (C=O) groups excluding carboxylic acids is 1. The lowest BCUT2D eigenvalue weighted by atomic mass is 10.1. The minimum atomic E-state index is -0.650. The molecule has 1 saturated heterocycles. The minimum absolute atomic E-state index is 0.210. The van der Waals surface area contributed by atoms with Crippen LogP contribution in [-0.2, 0) is 14.3 Å². The molecule has 1 fully saturated rings. The highest BCUT2D eigenvalue weighted by atomic mass is 16.6. The van der Waals surface area contributed by atoms with Gasteiger partial charge in [-0.25, -0.2) is 0 Å². The Labute approximate surface area is 110 Å². The molecule has 1 heterocycles. The van der Waals surface area contributed by atoms with Gasteiger partial charge in [-0.3, -0.25) is 4.79 Å². The smallest absolute Gasteiger partial charge is 0.306 e. The summed E-state index contributed by atoms with van der Waals surface area (Å²) in [5, 5.41) is 9.43. The van der Waals surface area contributed by atoms with E-state index < -0.39 is 12.2 Å². The summed E-state index contributed by atoms with van der Waals surface area (Å²) in [5.74, 6) is -0.210. The second-order valence-corrected chi connectivity index (χ2v) is 5.00. The first kappa shape index (κ1) is 15.4. The number of ether oxygens (including phenoxy) is 2. The van der Waals surface area contributed by atoms with Crippen molar-refractivity contribution < 1.29 is 19.4 Å². The van der Waals surface area contributed by atoms with E-state index in [1.807, 2.05) is 0 Å². The monoisotopic (exact) mass is 258 g/mol. The third kappa shape index (κ3) is 6.36. The molecule has 0 radical (unpaired) electrons. The minimum Gasteiger partial charge on any atom is -0.457 e. The van der Waals surface area contributed by atoms with Gasteiger partial charge in [0.25, 0.3) is 0 Å². The van der Waals surface area contributed by atoms with Gasteiger partial charge in [0.15, 0.2) is 6.10 Å². The Hall–Kier alpha value is -0.610. The molecule has 0 aliphatic carbocycles. The van der Waals surface area contributed by atoms with Crippen LogP contribution in [0.1, 0.15) is 58.3 Å². The van der Waals surface area contributed by atoms with E-state index in [1.54, 1.807) is 0 Å². The number of aliphatic hydroxyl groups excluding tert-OH is 1. The maximum atomic E-state index is 11.5. The molecule has 1 rings (SSSR count). The first-order valence-corrected chi connectivity index (χ1v) is 7.19.